The molecule has 0 aromatic heterocycles. The number of rotatable bonds is 16. The van der Waals surface area contributed by atoms with Crippen molar-refractivity contribution in [2.45, 2.75) is 86.5 Å². The molecule has 0 unspecified atom stereocenters. The van der Waals surface area contributed by atoms with E-state index in [-0.39, 0.29) is 72.5 Å². The molecule has 0 spiro atoms. The lowest BCUT2D eigenvalue weighted by molar-refractivity contribution is -0.127. The highest BCUT2D eigenvalue weighted by molar-refractivity contribution is 6.02. The van der Waals surface area contributed by atoms with Crippen molar-refractivity contribution in [3.05, 3.63) is 0 Å². The van der Waals surface area contributed by atoms with Gasteiger partial charge in [-0.2, -0.15) is 0 Å². The molecule has 2 rings (SSSR count). The minimum atomic E-state index is -0.377. The number of likely N-dealkylation sites (N-methyl/N-ethyl adjacent to an activating group) is 2. The molecule has 0 radical (unpaired) electrons. The van der Waals surface area contributed by atoms with E-state index in [2.05, 4.69) is 0 Å². The zero-order valence-electron chi connectivity index (χ0n) is 23.4. The molecule has 2 saturated heterocycles. The summed E-state index contributed by atoms with van der Waals surface area (Å²) in [5.74, 6) is -0.256. The summed E-state index contributed by atoms with van der Waals surface area (Å²) >= 11 is 0. The molecular formula is C27H44N4O6. The van der Waals surface area contributed by atoms with Crippen molar-refractivity contribution in [3.8, 4) is 0 Å². The first kappa shape index (κ1) is 30.4. The number of imide groups is 2. The van der Waals surface area contributed by atoms with E-state index in [4.69, 9.17) is 0 Å². The van der Waals surface area contributed by atoms with Crippen LogP contribution in [-0.2, 0) is 19.2 Å². The molecule has 0 saturated carbocycles. The second-order valence-corrected chi connectivity index (χ2v) is 11.8. The van der Waals surface area contributed by atoms with E-state index >= 15 is 0 Å². The molecule has 10 nitrogen and oxygen atoms in total. The fourth-order valence-electron chi connectivity index (χ4n) is 4.70. The predicted molar refractivity (Wildman–Crippen MR) is 139 cm³/mol. The average Bonchev–Trinajstić information content (AvgIpc) is 3.25. The zero-order chi connectivity index (χ0) is 28.0. The van der Waals surface area contributed by atoms with Crippen LogP contribution in [0.15, 0.2) is 0 Å². The Balaban J connectivity index is 1.67. The van der Waals surface area contributed by atoms with Crippen LogP contribution >= 0.6 is 0 Å². The monoisotopic (exact) mass is 520 g/mol. The number of hydrogen-bond acceptors (Lipinski definition) is 6. The molecule has 0 N–H and O–H groups in total. The zero-order valence-corrected chi connectivity index (χ0v) is 23.4. The largest absolute Gasteiger partial charge is 0.327 e. The average molecular weight is 521 g/mol. The van der Waals surface area contributed by atoms with E-state index < -0.39 is 0 Å². The molecule has 208 valence electrons. The van der Waals surface area contributed by atoms with Crippen molar-refractivity contribution in [2.24, 2.45) is 10.8 Å². The second kappa shape index (κ2) is 12.6. The second-order valence-electron chi connectivity index (χ2n) is 11.8. The summed E-state index contributed by atoms with van der Waals surface area (Å²) in [5, 5.41) is 0. The van der Waals surface area contributed by atoms with Crippen LogP contribution in [0.2, 0.25) is 0 Å². The molecule has 0 aromatic rings. The third kappa shape index (κ3) is 8.64. The maximum atomic E-state index is 12.4. The van der Waals surface area contributed by atoms with Crippen LogP contribution in [0.25, 0.3) is 0 Å². The summed E-state index contributed by atoms with van der Waals surface area (Å²) in [7, 11) is 0. The lowest BCUT2D eigenvalue weighted by atomic mass is 9.85. The summed E-state index contributed by atoms with van der Waals surface area (Å²) in [5.41, 5.74) is -0.753. The van der Waals surface area contributed by atoms with Gasteiger partial charge in [0, 0.05) is 51.9 Å². The molecular weight excluding hydrogens is 476 g/mol. The molecule has 6 amide bonds. The van der Waals surface area contributed by atoms with Gasteiger partial charge in [-0.25, -0.2) is 9.59 Å². The topological polar surface area (TPSA) is 115 Å². The van der Waals surface area contributed by atoms with Gasteiger partial charge in [-0.3, -0.25) is 29.0 Å². The van der Waals surface area contributed by atoms with Crippen molar-refractivity contribution in [2.75, 3.05) is 39.3 Å². The summed E-state index contributed by atoms with van der Waals surface area (Å²) in [6.07, 6.45) is 2.92. The van der Waals surface area contributed by atoms with Gasteiger partial charge in [-0.15, -0.1) is 0 Å². The highest BCUT2D eigenvalue weighted by atomic mass is 16.2. The number of Topliss-reactive ketones (excluding diaryl/α,β-unsaturated/α-hetero) is 2. The molecule has 37 heavy (non-hydrogen) atoms. The minimum absolute atomic E-state index is 0.0713. The van der Waals surface area contributed by atoms with Gasteiger partial charge < -0.3 is 9.80 Å². The van der Waals surface area contributed by atoms with Crippen molar-refractivity contribution in [1.82, 2.24) is 19.6 Å². The SMILES string of the molecule is CCN1CC(=O)N(CC(C)(C)CCC(=O)CCCC(=O)CCC(C)(C)CN2C(=O)CN(CC)C2=O)C1=O. The van der Waals surface area contributed by atoms with Gasteiger partial charge in [-0.1, -0.05) is 27.7 Å². The van der Waals surface area contributed by atoms with Gasteiger partial charge in [0.1, 0.15) is 24.7 Å². The third-order valence-electron chi connectivity index (χ3n) is 7.27. The van der Waals surface area contributed by atoms with E-state index in [9.17, 15) is 28.8 Å². The Labute approximate surface area is 220 Å². The maximum Gasteiger partial charge on any atom is 0.327 e. The first-order chi connectivity index (χ1) is 17.2. The van der Waals surface area contributed by atoms with E-state index in [1.807, 2.05) is 41.5 Å². The fourth-order valence-corrected chi connectivity index (χ4v) is 4.70. The number of carbonyl (C=O) groups is 6. The van der Waals surface area contributed by atoms with Crippen LogP contribution in [-0.4, -0.2) is 94.3 Å². The van der Waals surface area contributed by atoms with E-state index in [1.54, 1.807) is 0 Å². The Kier molecular flexibility index (Phi) is 10.4. The van der Waals surface area contributed by atoms with Gasteiger partial charge in [-0.05, 0) is 43.9 Å². The standard InChI is InChI=1S/C27H44N4O6/c1-7-28-16-22(34)30(24(28)36)18-26(3,4)14-12-20(32)10-9-11-21(33)13-15-27(5,6)19-31-23(35)17-29(8-2)25(31)37/h7-19H2,1-6H3. The number of nitrogens with zero attached hydrogens (tertiary/aromatic N) is 4. The quantitative estimate of drug-likeness (QED) is 0.288. The van der Waals surface area contributed by atoms with Gasteiger partial charge in [0.05, 0.1) is 0 Å². The van der Waals surface area contributed by atoms with Gasteiger partial charge in [0.2, 0.25) is 11.8 Å². The number of ketones is 2. The van der Waals surface area contributed by atoms with Crippen LogP contribution in [0.5, 0.6) is 0 Å². The third-order valence-corrected chi connectivity index (χ3v) is 7.27. The van der Waals surface area contributed by atoms with Crippen LogP contribution in [0, 0.1) is 10.8 Å². The smallest absolute Gasteiger partial charge is 0.315 e. The van der Waals surface area contributed by atoms with Gasteiger partial charge in [0.15, 0.2) is 0 Å². The van der Waals surface area contributed by atoms with Crippen LogP contribution in [0.1, 0.15) is 86.5 Å². The van der Waals surface area contributed by atoms with Crippen molar-refractivity contribution >= 4 is 35.4 Å². The summed E-state index contributed by atoms with van der Waals surface area (Å²) in [6, 6.07) is -0.537. The van der Waals surface area contributed by atoms with Crippen LogP contribution in [0.4, 0.5) is 9.59 Å². The first-order valence-electron chi connectivity index (χ1n) is 13.4. The van der Waals surface area contributed by atoms with Crippen LogP contribution < -0.4 is 0 Å². The molecule has 2 aliphatic heterocycles. The molecule has 10 heteroatoms. The number of amides is 6. The predicted octanol–water partition coefficient (Wildman–Crippen LogP) is 3.48. The summed E-state index contributed by atoms with van der Waals surface area (Å²) in [6.45, 7) is 13.2. The lowest BCUT2D eigenvalue weighted by Gasteiger charge is -2.29. The van der Waals surface area contributed by atoms with Crippen LogP contribution in [0.3, 0.4) is 0 Å². The number of urea groups is 2. The van der Waals surface area contributed by atoms with Crippen molar-refractivity contribution in [3.63, 3.8) is 0 Å². The number of carbonyl (C=O) groups excluding carboxylic acids is 6. The normalized spacial score (nSPS) is 17.0. The molecule has 2 heterocycles. The van der Waals surface area contributed by atoms with Crippen molar-refractivity contribution < 1.29 is 28.8 Å². The van der Waals surface area contributed by atoms with Gasteiger partial charge >= 0.3 is 12.1 Å². The molecule has 0 atom stereocenters. The Bertz CT molecular complexity index is 841. The Morgan fingerprint density at radius 2 is 1.00 bits per heavy atom. The fraction of sp³-hybridized carbons (Fsp3) is 0.778. The first-order valence-corrected chi connectivity index (χ1v) is 13.4. The van der Waals surface area contributed by atoms with E-state index in [0.717, 1.165) is 0 Å². The highest BCUT2D eigenvalue weighted by Crippen LogP contribution is 2.28. The molecule has 2 aliphatic rings. The minimum Gasteiger partial charge on any atom is -0.315 e. The maximum absolute atomic E-state index is 12.4. The molecule has 0 bridgehead atoms. The molecule has 0 aromatic carbocycles. The van der Waals surface area contributed by atoms with E-state index in [0.29, 0.717) is 58.0 Å². The van der Waals surface area contributed by atoms with Crippen molar-refractivity contribution in [1.29, 1.82) is 0 Å². The van der Waals surface area contributed by atoms with E-state index in [1.165, 1.54) is 19.6 Å². The molecule has 2 fully saturated rings. The van der Waals surface area contributed by atoms with Gasteiger partial charge in [0.25, 0.3) is 0 Å². The highest BCUT2D eigenvalue weighted by Gasteiger charge is 2.39. The Morgan fingerprint density at radius 3 is 1.30 bits per heavy atom. The summed E-state index contributed by atoms with van der Waals surface area (Å²) in [4.78, 5) is 79.4. The Hall–Kier alpha value is -2.78. The Morgan fingerprint density at radius 1 is 0.649 bits per heavy atom. The summed E-state index contributed by atoms with van der Waals surface area (Å²) < 4.78 is 0. The number of hydrogen-bond donors (Lipinski definition) is 0. The lowest BCUT2D eigenvalue weighted by Crippen LogP contribution is -2.40. The molecule has 0 aliphatic carbocycles.